The lowest BCUT2D eigenvalue weighted by molar-refractivity contribution is 0.578. The molecular weight excluding hydrogens is 256 g/mol. The molecule has 1 fully saturated rings. The van der Waals surface area contributed by atoms with Crippen molar-refractivity contribution in [2.75, 3.05) is 17.2 Å². The zero-order chi connectivity index (χ0) is 13.8. The molecular formula is C14H24N4S. The highest BCUT2D eigenvalue weighted by Crippen LogP contribution is 2.27. The Kier molecular flexibility index (Phi) is 5.05. The second-order valence-electron chi connectivity index (χ2n) is 5.41. The molecule has 5 heteroatoms. The van der Waals surface area contributed by atoms with Crippen molar-refractivity contribution in [2.45, 2.75) is 51.6 Å². The quantitative estimate of drug-likeness (QED) is 0.916. The van der Waals surface area contributed by atoms with Crippen LogP contribution in [0.15, 0.2) is 12.4 Å². The first-order valence-corrected chi connectivity index (χ1v) is 8.05. The predicted molar refractivity (Wildman–Crippen MR) is 82.7 cm³/mol. The Balaban J connectivity index is 2.01. The summed E-state index contributed by atoms with van der Waals surface area (Å²) in [4.78, 5) is 11.5. The molecule has 0 amide bonds. The summed E-state index contributed by atoms with van der Waals surface area (Å²) in [6.07, 6.45) is 3.81. The summed E-state index contributed by atoms with van der Waals surface area (Å²) in [5.74, 6) is 2.18. The van der Waals surface area contributed by atoms with Crippen molar-refractivity contribution >= 4 is 17.6 Å². The normalized spacial score (nSPS) is 23.9. The lowest BCUT2D eigenvalue weighted by Crippen LogP contribution is -2.45. The van der Waals surface area contributed by atoms with Gasteiger partial charge in [0.25, 0.3) is 0 Å². The summed E-state index contributed by atoms with van der Waals surface area (Å²) in [5.41, 5.74) is 1.00. The maximum atomic E-state index is 4.58. The van der Waals surface area contributed by atoms with Crippen LogP contribution in [0.4, 0.5) is 5.82 Å². The molecule has 0 radical (unpaired) electrons. The van der Waals surface area contributed by atoms with Gasteiger partial charge in [0.15, 0.2) is 0 Å². The summed E-state index contributed by atoms with van der Waals surface area (Å²) in [6.45, 7) is 10.7. The molecule has 0 bridgehead atoms. The van der Waals surface area contributed by atoms with Gasteiger partial charge in [0.1, 0.15) is 5.82 Å². The third-order valence-electron chi connectivity index (χ3n) is 3.56. The fourth-order valence-electron chi connectivity index (χ4n) is 2.15. The summed E-state index contributed by atoms with van der Waals surface area (Å²) in [6, 6.07) is 0.995. The van der Waals surface area contributed by atoms with E-state index in [0.29, 0.717) is 17.3 Å². The Labute approximate surface area is 120 Å². The second-order valence-corrected chi connectivity index (χ2v) is 6.90. The molecule has 1 aromatic heterocycles. The first-order chi connectivity index (χ1) is 9.08. The number of nitrogens with one attached hydrogen (secondary N) is 1. The van der Waals surface area contributed by atoms with E-state index >= 15 is 0 Å². The molecule has 2 atom stereocenters. The van der Waals surface area contributed by atoms with Gasteiger partial charge in [0, 0.05) is 36.2 Å². The van der Waals surface area contributed by atoms with Crippen molar-refractivity contribution in [2.24, 2.45) is 0 Å². The summed E-state index contributed by atoms with van der Waals surface area (Å²) in [7, 11) is 0. The van der Waals surface area contributed by atoms with Crippen molar-refractivity contribution in [1.29, 1.82) is 0 Å². The molecule has 2 heterocycles. The molecule has 106 valence electrons. The smallest absolute Gasteiger partial charge is 0.147 e. The van der Waals surface area contributed by atoms with Crippen LogP contribution in [-0.2, 0) is 6.54 Å². The van der Waals surface area contributed by atoms with E-state index in [2.05, 4.69) is 47.9 Å². The van der Waals surface area contributed by atoms with E-state index in [1.807, 2.05) is 24.2 Å². The predicted octanol–water partition coefficient (Wildman–Crippen LogP) is 2.30. The van der Waals surface area contributed by atoms with Gasteiger partial charge >= 0.3 is 0 Å². The molecule has 1 N–H and O–H groups in total. The van der Waals surface area contributed by atoms with Crippen LogP contribution in [-0.4, -0.2) is 39.6 Å². The van der Waals surface area contributed by atoms with E-state index in [1.54, 1.807) is 0 Å². The van der Waals surface area contributed by atoms with Crippen LogP contribution in [0.3, 0.4) is 0 Å². The van der Waals surface area contributed by atoms with Gasteiger partial charge in [-0.3, -0.25) is 4.98 Å². The minimum Gasteiger partial charge on any atom is -0.351 e. The average Bonchev–Trinajstić information content (AvgIpc) is 2.40. The first-order valence-electron chi connectivity index (χ1n) is 7.00. The van der Waals surface area contributed by atoms with Crippen molar-refractivity contribution in [1.82, 2.24) is 15.3 Å². The minimum absolute atomic E-state index is 0.474. The number of hydrogen-bond acceptors (Lipinski definition) is 5. The van der Waals surface area contributed by atoms with E-state index in [1.165, 1.54) is 5.75 Å². The monoisotopic (exact) mass is 280 g/mol. The lowest BCUT2D eigenvalue weighted by atomic mass is 10.2. The van der Waals surface area contributed by atoms with Crippen LogP contribution >= 0.6 is 11.8 Å². The van der Waals surface area contributed by atoms with Crippen molar-refractivity contribution in [3.8, 4) is 0 Å². The van der Waals surface area contributed by atoms with Gasteiger partial charge in [-0.15, -0.1) is 0 Å². The number of thioether (sulfide) groups is 1. The molecule has 0 spiro atoms. The van der Waals surface area contributed by atoms with Gasteiger partial charge in [0.05, 0.1) is 18.1 Å². The van der Waals surface area contributed by atoms with Crippen molar-refractivity contribution < 1.29 is 0 Å². The number of rotatable bonds is 4. The van der Waals surface area contributed by atoms with E-state index < -0.39 is 0 Å². The van der Waals surface area contributed by atoms with Gasteiger partial charge in [-0.05, 0) is 6.92 Å². The van der Waals surface area contributed by atoms with Gasteiger partial charge in [0.2, 0.25) is 0 Å². The molecule has 2 rings (SSSR count). The fraction of sp³-hybridized carbons (Fsp3) is 0.714. The number of nitrogens with zero attached hydrogens (tertiary/aromatic N) is 3. The van der Waals surface area contributed by atoms with Crippen LogP contribution in [0.5, 0.6) is 0 Å². The Hall–Kier alpha value is -0.810. The summed E-state index contributed by atoms with van der Waals surface area (Å²) >= 11 is 2.04. The summed E-state index contributed by atoms with van der Waals surface area (Å²) in [5, 5.41) is 4.01. The van der Waals surface area contributed by atoms with Crippen molar-refractivity contribution in [3.05, 3.63) is 18.1 Å². The minimum atomic E-state index is 0.474. The van der Waals surface area contributed by atoms with Gasteiger partial charge in [-0.25, -0.2) is 4.98 Å². The molecule has 4 nitrogen and oxygen atoms in total. The number of aromatic nitrogens is 2. The molecule has 1 saturated heterocycles. The zero-order valence-electron chi connectivity index (χ0n) is 12.3. The average molecular weight is 280 g/mol. The summed E-state index contributed by atoms with van der Waals surface area (Å²) < 4.78 is 0. The molecule has 0 aromatic carbocycles. The number of hydrogen-bond donors (Lipinski definition) is 1. The Morgan fingerprint density at radius 2 is 2.16 bits per heavy atom. The van der Waals surface area contributed by atoms with Gasteiger partial charge in [-0.1, -0.05) is 20.8 Å². The molecule has 0 saturated carbocycles. The molecule has 0 aliphatic carbocycles. The Morgan fingerprint density at radius 3 is 2.79 bits per heavy atom. The SMILES string of the molecule is CC(C)NCc1cnc(N2CCSC(C)C2C)cn1. The largest absolute Gasteiger partial charge is 0.351 e. The maximum Gasteiger partial charge on any atom is 0.147 e. The molecule has 1 aliphatic rings. The zero-order valence-corrected chi connectivity index (χ0v) is 13.1. The second kappa shape index (κ2) is 6.57. The highest BCUT2D eigenvalue weighted by atomic mass is 32.2. The van der Waals surface area contributed by atoms with Crippen LogP contribution in [0.2, 0.25) is 0 Å². The molecule has 19 heavy (non-hydrogen) atoms. The third kappa shape index (κ3) is 3.83. The number of anilines is 1. The standard InChI is InChI=1S/C14H24N4S/c1-10(2)15-7-13-8-17-14(9-16-13)18-5-6-19-12(4)11(18)3/h8-12,15H,5-7H2,1-4H3. The van der Waals surface area contributed by atoms with E-state index in [0.717, 1.165) is 24.6 Å². The van der Waals surface area contributed by atoms with E-state index in [9.17, 15) is 0 Å². The Bertz CT molecular complexity index is 393. The van der Waals surface area contributed by atoms with E-state index in [4.69, 9.17) is 0 Å². The van der Waals surface area contributed by atoms with Crippen LogP contribution < -0.4 is 10.2 Å². The molecule has 2 unspecified atom stereocenters. The lowest BCUT2D eigenvalue weighted by Gasteiger charge is -2.38. The highest BCUT2D eigenvalue weighted by Gasteiger charge is 2.26. The van der Waals surface area contributed by atoms with Crippen LogP contribution in [0.1, 0.15) is 33.4 Å². The van der Waals surface area contributed by atoms with Gasteiger partial charge in [-0.2, -0.15) is 11.8 Å². The molecule has 1 aliphatic heterocycles. The topological polar surface area (TPSA) is 41.1 Å². The maximum absolute atomic E-state index is 4.58. The first kappa shape index (κ1) is 14.6. The molecule has 1 aromatic rings. The van der Waals surface area contributed by atoms with Crippen LogP contribution in [0, 0.1) is 0 Å². The van der Waals surface area contributed by atoms with Gasteiger partial charge < -0.3 is 10.2 Å². The third-order valence-corrected chi connectivity index (χ3v) is 4.90. The van der Waals surface area contributed by atoms with E-state index in [-0.39, 0.29) is 0 Å². The van der Waals surface area contributed by atoms with Crippen LogP contribution in [0.25, 0.3) is 0 Å². The van der Waals surface area contributed by atoms with Crippen molar-refractivity contribution in [3.63, 3.8) is 0 Å². The fourth-order valence-corrected chi connectivity index (χ4v) is 3.25. The highest BCUT2D eigenvalue weighted by molar-refractivity contribution is 8.00. The Morgan fingerprint density at radius 1 is 1.37 bits per heavy atom.